The molecule has 0 heterocycles. The molecule has 2 aliphatic carbocycles. The lowest BCUT2D eigenvalue weighted by atomic mass is 9.91. The van der Waals surface area contributed by atoms with E-state index < -0.39 is 9.84 Å². The van der Waals surface area contributed by atoms with E-state index in [4.69, 9.17) is 0 Å². The first-order valence-electron chi connectivity index (χ1n) is 6.91. The Morgan fingerprint density at radius 2 is 1.94 bits per heavy atom. The van der Waals surface area contributed by atoms with Gasteiger partial charge in [0.2, 0.25) is 0 Å². The zero-order valence-corrected chi connectivity index (χ0v) is 11.8. The Balaban J connectivity index is 1.96. The average molecular weight is 259 g/mol. The predicted octanol–water partition coefficient (Wildman–Crippen LogP) is 1.98. The van der Waals surface area contributed by atoms with Crippen LogP contribution in [0.1, 0.15) is 45.4 Å². The largest absolute Gasteiger partial charge is 0.316 e. The van der Waals surface area contributed by atoms with Crippen molar-refractivity contribution in [1.82, 2.24) is 5.32 Å². The van der Waals surface area contributed by atoms with Crippen LogP contribution in [0, 0.1) is 11.8 Å². The highest BCUT2D eigenvalue weighted by atomic mass is 32.2. The lowest BCUT2D eigenvalue weighted by Crippen LogP contribution is -2.40. The summed E-state index contributed by atoms with van der Waals surface area (Å²) in [5.41, 5.74) is 0. The van der Waals surface area contributed by atoms with Crippen LogP contribution in [0.2, 0.25) is 0 Å². The van der Waals surface area contributed by atoms with Crippen LogP contribution in [0.3, 0.4) is 0 Å². The third-order valence-electron chi connectivity index (χ3n) is 4.37. The van der Waals surface area contributed by atoms with Crippen LogP contribution in [-0.4, -0.2) is 32.5 Å². The highest BCUT2D eigenvalue weighted by molar-refractivity contribution is 7.92. The second kappa shape index (κ2) is 5.27. The van der Waals surface area contributed by atoms with E-state index in [1.165, 1.54) is 19.3 Å². The van der Waals surface area contributed by atoms with E-state index in [1.54, 1.807) is 0 Å². The molecule has 0 amide bonds. The normalized spacial score (nSPS) is 32.4. The summed E-state index contributed by atoms with van der Waals surface area (Å²) in [5.74, 6) is 1.54. The molecule has 3 atom stereocenters. The standard InChI is InChI=1S/C13H25NO2S/c1-10-4-3-5-12(8-10)17(15,16)9-13(14-2)11-6-7-11/h10-14H,3-9H2,1-2H3. The van der Waals surface area contributed by atoms with E-state index in [-0.39, 0.29) is 11.3 Å². The molecule has 0 aromatic heterocycles. The third kappa shape index (κ3) is 3.44. The first kappa shape index (κ1) is 13.3. The van der Waals surface area contributed by atoms with Gasteiger partial charge in [-0.05, 0) is 44.6 Å². The van der Waals surface area contributed by atoms with Crippen LogP contribution in [0.5, 0.6) is 0 Å². The molecule has 3 nitrogen and oxygen atoms in total. The Hall–Kier alpha value is -0.0900. The zero-order valence-electron chi connectivity index (χ0n) is 11.0. The molecule has 0 saturated heterocycles. The molecular formula is C13H25NO2S. The van der Waals surface area contributed by atoms with E-state index >= 15 is 0 Å². The Morgan fingerprint density at radius 1 is 1.24 bits per heavy atom. The van der Waals surface area contributed by atoms with Gasteiger partial charge in [0.15, 0.2) is 9.84 Å². The molecule has 0 spiro atoms. The van der Waals surface area contributed by atoms with Crippen molar-refractivity contribution in [1.29, 1.82) is 0 Å². The first-order chi connectivity index (χ1) is 8.03. The fourth-order valence-corrected chi connectivity index (χ4v) is 5.40. The van der Waals surface area contributed by atoms with Gasteiger partial charge in [-0.1, -0.05) is 19.8 Å². The molecule has 17 heavy (non-hydrogen) atoms. The highest BCUT2D eigenvalue weighted by Crippen LogP contribution is 2.35. The van der Waals surface area contributed by atoms with Crippen LogP contribution in [0.15, 0.2) is 0 Å². The van der Waals surface area contributed by atoms with Crippen LogP contribution in [0.25, 0.3) is 0 Å². The summed E-state index contributed by atoms with van der Waals surface area (Å²) in [6.45, 7) is 2.18. The number of hydrogen-bond donors (Lipinski definition) is 1. The molecule has 1 N–H and O–H groups in total. The van der Waals surface area contributed by atoms with E-state index in [2.05, 4.69) is 12.2 Å². The lowest BCUT2D eigenvalue weighted by molar-refractivity contribution is 0.380. The quantitative estimate of drug-likeness (QED) is 0.821. The van der Waals surface area contributed by atoms with E-state index in [9.17, 15) is 8.42 Å². The van der Waals surface area contributed by atoms with Crippen molar-refractivity contribution in [3.8, 4) is 0 Å². The molecular weight excluding hydrogens is 234 g/mol. The smallest absolute Gasteiger partial charge is 0.154 e. The summed E-state index contributed by atoms with van der Waals surface area (Å²) in [4.78, 5) is 0. The minimum Gasteiger partial charge on any atom is -0.316 e. The lowest BCUT2D eigenvalue weighted by Gasteiger charge is -2.28. The van der Waals surface area contributed by atoms with Gasteiger partial charge in [-0.15, -0.1) is 0 Å². The summed E-state index contributed by atoms with van der Waals surface area (Å²) in [5, 5.41) is 3.12. The molecule has 100 valence electrons. The zero-order chi connectivity index (χ0) is 12.5. The highest BCUT2D eigenvalue weighted by Gasteiger charge is 2.37. The molecule has 0 radical (unpaired) electrons. The summed E-state index contributed by atoms with van der Waals surface area (Å²) in [6.07, 6.45) is 6.43. The molecule has 2 fully saturated rings. The minimum absolute atomic E-state index is 0.0687. The second-order valence-corrected chi connectivity index (χ2v) is 8.28. The van der Waals surface area contributed by atoms with Gasteiger partial charge < -0.3 is 5.32 Å². The molecule has 2 aliphatic rings. The van der Waals surface area contributed by atoms with Gasteiger partial charge in [-0.2, -0.15) is 0 Å². The van der Waals surface area contributed by atoms with Gasteiger partial charge in [0.25, 0.3) is 0 Å². The summed E-state index contributed by atoms with van der Waals surface area (Å²) in [7, 11) is -1.00. The molecule has 4 heteroatoms. The van der Waals surface area contributed by atoms with Gasteiger partial charge >= 0.3 is 0 Å². The summed E-state index contributed by atoms with van der Waals surface area (Å²) in [6, 6.07) is 0.192. The van der Waals surface area contributed by atoms with Crippen molar-refractivity contribution in [3.05, 3.63) is 0 Å². The summed E-state index contributed by atoms with van der Waals surface area (Å²) < 4.78 is 24.8. The molecule has 2 rings (SSSR count). The average Bonchev–Trinajstić information content (AvgIpc) is 3.10. The number of rotatable bonds is 5. The second-order valence-electron chi connectivity index (χ2n) is 5.96. The van der Waals surface area contributed by atoms with Gasteiger partial charge in [0.05, 0.1) is 11.0 Å². The van der Waals surface area contributed by atoms with Gasteiger partial charge in [-0.3, -0.25) is 0 Å². The number of nitrogens with one attached hydrogen (secondary N) is 1. The fraction of sp³-hybridized carbons (Fsp3) is 1.00. The first-order valence-corrected chi connectivity index (χ1v) is 8.63. The SMILES string of the molecule is CNC(CS(=O)(=O)C1CCCC(C)C1)C1CC1. The molecule has 2 saturated carbocycles. The predicted molar refractivity (Wildman–Crippen MR) is 70.8 cm³/mol. The van der Waals surface area contributed by atoms with Crippen molar-refractivity contribution < 1.29 is 8.42 Å². The summed E-state index contributed by atoms with van der Waals surface area (Å²) >= 11 is 0. The number of sulfone groups is 1. The van der Waals surface area contributed by atoms with E-state index in [0.29, 0.717) is 17.6 Å². The molecule has 0 bridgehead atoms. The van der Waals surface area contributed by atoms with E-state index in [0.717, 1.165) is 19.3 Å². The topological polar surface area (TPSA) is 46.2 Å². The Morgan fingerprint density at radius 3 is 2.47 bits per heavy atom. The van der Waals surface area contributed by atoms with Crippen molar-refractivity contribution >= 4 is 9.84 Å². The maximum atomic E-state index is 12.4. The van der Waals surface area contributed by atoms with Gasteiger partial charge in [-0.25, -0.2) is 8.42 Å². The van der Waals surface area contributed by atoms with Gasteiger partial charge in [0, 0.05) is 6.04 Å². The molecule has 0 aromatic carbocycles. The Labute approximate surface area is 105 Å². The van der Waals surface area contributed by atoms with Crippen LogP contribution in [-0.2, 0) is 9.84 Å². The molecule has 3 unspecified atom stereocenters. The molecule has 0 aliphatic heterocycles. The fourth-order valence-electron chi connectivity index (χ4n) is 3.04. The van der Waals surface area contributed by atoms with Crippen LogP contribution >= 0.6 is 0 Å². The van der Waals surface area contributed by atoms with Gasteiger partial charge in [0.1, 0.15) is 0 Å². The van der Waals surface area contributed by atoms with Crippen LogP contribution in [0.4, 0.5) is 0 Å². The van der Waals surface area contributed by atoms with Crippen molar-refractivity contribution in [2.75, 3.05) is 12.8 Å². The van der Waals surface area contributed by atoms with E-state index in [1.807, 2.05) is 7.05 Å². The van der Waals surface area contributed by atoms with Crippen LogP contribution < -0.4 is 5.32 Å². The van der Waals surface area contributed by atoms with Crippen molar-refractivity contribution in [2.24, 2.45) is 11.8 Å². The maximum absolute atomic E-state index is 12.4. The number of hydrogen-bond acceptors (Lipinski definition) is 3. The third-order valence-corrected chi connectivity index (χ3v) is 6.64. The monoisotopic (exact) mass is 259 g/mol. The Kier molecular flexibility index (Phi) is 4.14. The van der Waals surface area contributed by atoms with Crippen molar-refractivity contribution in [3.63, 3.8) is 0 Å². The minimum atomic E-state index is -2.90. The Bertz CT molecular complexity index is 348. The maximum Gasteiger partial charge on any atom is 0.154 e. The molecule has 0 aromatic rings. The van der Waals surface area contributed by atoms with Crippen molar-refractivity contribution in [2.45, 2.75) is 56.7 Å².